The molecule has 0 radical (unpaired) electrons. The summed E-state index contributed by atoms with van der Waals surface area (Å²) in [7, 11) is 0. The molecule has 1 aromatic heterocycles. The lowest BCUT2D eigenvalue weighted by atomic mass is 9.99. The Labute approximate surface area is 206 Å². The summed E-state index contributed by atoms with van der Waals surface area (Å²) in [5, 5.41) is 0.450. The van der Waals surface area contributed by atoms with Crippen LogP contribution in [0.15, 0.2) is 78.9 Å². The molecule has 0 aliphatic heterocycles. The predicted molar refractivity (Wildman–Crippen MR) is 139 cm³/mol. The number of imidazole rings is 1. The summed E-state index contributed by atoms with van der Waals surface area (Å²) >= 11 is 6.44. The SMILES string of the molecule is CC(C)[C@H](c1nc2ccccc2n1Cc1ccccc1)N(CCCN)C(=O)c1ccccc1Cl. The van der Waals surface area contributed by atoms with Gasteiger partial charge in [-0.2, -0.15) is 0 Å². The third-order valence-corrected chi connectivity index (χ3v) is 6.40. The van der Waals surface area contributed by atoms with Crippen molar-refractivity contribution in [2.24, 2.45) is 11.7 Å². The van der Waals surface area contributed by atoms with Crippen molar-refractivity contribution in [2.45, 2.75) is 32.9 Å². The lowest BCUT2D eigenvalue weighted by Gasteiger charge is -2.35. The van der Waals surface area contributed by atoms with Gasteiger partial charge < -0.3 is 15.2 Å². The number of rotatable bonds is 9. The fourth-order valence-electron chi connectivity index (χ4n) is 4.47. The number of carbonyl (C=O) groups is 1. The molecule has 0 fully saturated rings. The normalized spacial score (nSPS) is 12.3. The Morgan fingerprint density at radius 2 is 1.68 bits per heavy atom. The van der Waals surface area contributed by atoms with E-state index in [1.54, 1.807) is 12.1 Å². The van der Waals surface area contributed by atoms with Crippen LogP contribution >= 0.6 is 11.6 Å². The first-order chi connectivity index (χ1) is 16.5. The fourth-order valence-corrected chi connectivity index (χ4v) is 4.68. The zero-order chi connectivity index (χ0) is 24.1. The number of carbonyl (C=O) groups excluding carboxylic acids is 1. The number of fused-ring (bicyclic) bond motifs is 1. The van der Waals surface area contributed by atoms with Crippen LogP contribution in [-0.2, 0) is 6.54 Å². The molecule has 2 N–H and O–H groups in total. The molecule has 0 bridgehead atoms. The Morgan fingerprint density at radius 1 is 1.00 bits per heavy atom. The van der Waals surface area contributed by atoms with Crippen LogP contribution in [0.3, 0.4) is 0 Å². The van der Waals surface area contributed by atoms with Crippen LogP contribution < -0.4 is 5.73 Å². The molecule has 0 aliphatic carbocycles. The zero-order valence-corrected chi connectivity index (χ0v) is 20.4. The van der Waals surface area contributed by atoms with E-state index in [1.165, 1.54) is 5.56 Å². The minimum atomic E-state index is -0.244. The van der Waals surface area contributed by atoms with Gasteiger partial charge in [0, 0.05) is 13.1 Å². The molecule has 6 heteroatoms. The standard InChI is InChI=1S/C28H31ClN4O/c1-20(2)26(32(18-10-17-30)28(34)22-13-6-7-14-23(22)29)27-31-24-15-8-9-16-25(24)33(27)19-21-11-4-3-5-12-21/h3-9,11-16,20,26H,10,17-19,30H2,1-2H3/t26-/m1/s1. The lowest BCUT2D eigenvalue weighted by molar-refractivity contribution is 0.0605. The van der Waals surface area contributed by atoms with Crippen LogP contribution in [0.2, 0.25) is 5.02 Å². The second-order valence-corrected chi connectivity index (χ2v) is 9.25. The highest BCUT2D eigenvalue weighted by Gasteiger charge is 2.33. The highest BCUT2D eigenvalue weighted by Crippen LogP contribution is 2.33. The van der Waals surface area contributed by atoms with Crippen molar-refractivity contribution < 1.29 is 4.79 Å². The van der Waals surface area contributed by atoms with E-state index in [2.05, 4.69) is 36.6 Å². The molecule has 0 aliphatic rings. The number of benzene rings is 3. The number of nitrogens with zero attached hydrogens (tertiary/aromatic N) is 3. The number of para-hydroxylation sites is 2. The summed E-state index contributed by atoms with van der Waals surface area (Å²) < 4.78 is 2.24. The van der Waals surface area contributed by atoms with Crippen molar-refractivity contribution in [3.05, 3.63) is 101 Å². The van der Waals surface area contributed by atoms with E-state index in [9.17, 15) is 4.79 Å². The molecule has 1 atom stereocenters. The first kappa shape index (κ1) is 24.0. The summed E-state index contributed by atoms with van der Waals surface area (Å²) in [6.07, 6.45) is 0.693. The Kier molecular flexibility index (Phi) is 7.66. The second kappa shape index (κ2) is 10.9. The van der Waals surface area contributed by atoms with Gasteiger partial charge in [-0.05, 0) is 48.7 Å². The van der Waals surface area contributed by atoms with Gasteiger partial charge in [-0.15, -0.1) is 0 Å². The first-order valence-corrected chi connectivity index (χ1v) is 12.1. The lowest BCUT2D eigenvalue weighted by Crippen LogP contribution is -2.40. The highest BCUT2D eigenvalue weighted by molar-refractivity contribution is 6.33. The van der Waals surface area contributed by atoms with Gasteiger partial charge in [-0.1, -0.05) is 80.0 Å². The van der Waals surface area contributed by atoms with E-state index in [1.807, 2.05) is 53.4 Å². The van der Waals surface area contributed by atoms with Crippen molar-refractivity contribution in [2.75, 3.05) is 13.1 Å². The Hall–Kier alpha value is -3.15. The monoisotopic (exact) mass is 474 g/mol. The van der Waals surface area contributed by atoms with E-state index in [0.29, 0.717) is 36.6 Å². The molecule has 1 heterocycles. The quantitative estimate of drug-likeness (QED) is 0.327. The predicted octanol–water partition coefficient (Wildman–Crippen LogP) is 5.93. The molecular weight excluding hydrogens is 444 g/mol. The maximum atomic E-state index is 13.8. The molecule has 0 saturated carbocycles. The molecule has 0 spiro atoms. The van der Waals surface area contributed by atoms with Crippen LogP contribution in [0.25, 0.3) is 11.0 Å². The van der Waals surface area contributed by atoms with Gasteiger partial charge in [0.1, 0.15) is 5.82 Å². The molecule has 0 unspecified atom stereocenters. The Balaban J connectivity index is 1.85. The molecule has 3 aromatic carbocycles. The van der Waals surface area contributed by atoms with Crippen LogP contribution in [0.4, 0.5) is 0 Å². The summed E-state index contributed by atoms with van der Waals surface area (Å²) in [6.45, 7) is 5.96. The maximum absolute atomic E-state index is 13.8. The van der Waals surface area contributed by atoms with E-state index in [-0.39, 0.29) is 17.9 Å². The minimum Gasteiger partial charge on any atom is -0.330 e. The molecule has 1 amide bonds. The Morgan fingerprint density at radius 3 is 2.38 bits per heavy atom. The minimum absolute atomic E-state index is 0.101. The molecule has 0 saturated heterocycles. The smallest absolute Gasteiger partial charge is 0.255 e. The van der Waals surface area contributed by atoms with Gasteiger partial charge in [-0.3, -0.25) is 4.79 Å². The average Bonchev–Trinajstić information content (AvgIpc) is 3.19. The number of hydrogen-bond acceptors (Lipinski definition) is 3. The average molecular weight is 475 g/mol. The van der Waals surface area contributed by atoms with Crippen molar-refractivity contribution in [1.29, 1.82) is 0 Å². The number of aromatic nitrogens is 2. The van der Waals surface area contributed by atoms with Crippen molar-refractivity contribution in [3.8, 4) is 0 Å². The summed E-state index contributed by atoms with van der Waals surface area (Å²) in [6, 6.07) is 25.4. The zero-order valence-electron chi connectivity index (χ0n) is 19.7. The van der Waals surface area contributed by atoms with Gasteiger partial charge >= 0.3 is 0 Å². The highest BCUT2D eigenvalue weighted by atomic mass is 35.5. The van der Waals surface area contributed by atoms with Gasteiger partial charge in [0.2, 0.25) is 0 Å². The van der Waals surface area contributed by atoms with Gasteiger partial charge in [0.05, 0.1) is 27.7 Å². The largest absolute Gasteiger partial charge is 0.330 e. The van der Waals surface area contributed by atoms with E-state index in [0.717, 1.165) is 16.9 Å². The number of hydrogen-bond donors (Lipinski definition) is 1. The molecular formula is C28H31ClN4O. The van der Waals surface area contributed by atoms with Gasteiger partial charge in [0.15, 0.2) is 0 Å². The summed E-state index contributed by atoms with van der Waals surface area (Å²) in [5.74, 6) is 0.893. The molecule has 4 rings (SSSR count). The fraction of sp³-hybridized carbons (Fsp3) is 0.286. The van der Waals surface area contributed by atoms with Gasteiger partial charge in [0.25, 0.3) is 5.91 Å². The first-order valence-electron chi connectivity index (χ1n) is 11.8. The molecule has 34 heavy (non-hydrogen) atoms. The summed E-state index contributed by atoms with van der Waals surface area (Å²) in [4.78, 5) is 20.8. The van der Waals surface area contributed by atoms with Crippen LogP contribution in [0.1, 0.15) is 48.1 Å². The van der Waals surface area contributed by atoms with Crippen molar-refractivity contribution in [1.82, 2.24) is 14.5 Å². The summed E-state index contributed by atoms with van der Waals surface area (Å²) in [5.41, 5.74) is 9.52. The Bertz CT molecular complexity index is 1250. The van der Waals surface area contributed by atoms with Crippen molar-refractivity contribution in [3.63, 3.8) is 0 Å². The molecule has 176 valence electrons. The number of amides is 1. The molecule has 5 nitrogen and oxygen atoms in total. The topological polar surface area (TPSA) is 64.2 Å². The second-order valence-electron chi connectivity index (χ2n) is 8.84. The van der Waals surface area contributed by atoms with E-state index < -0.39 is 0 Å². The maximum Gasteiger partial charge on any atom is 0.255 e. The number of halogens is 1. The van der Waals surface area contributed by atoms with E-state index >= 15 is 0 Å². The van der Waals surface area contributed by atoms with Gasteiger partial charge in [-0.25, -0.2) is 4.98 Å². The van der Waals surface area contributed by atoms with E-state index in [4.69, 9.17) is 22.3 Å². The molecule has 4 aromatic rings. The van der Waals surface area contributed by atoms with Crippen LogP contribution in [0.5, 0.6) is 0 Å². The van der Waals surface area contributed by atoms with Crippen LogP contribution in [0, 0.1) is 5.92 Å². The number of nitrogens with two attached hydrogens (primary N) is 1. The third kappa shape index (κ3) is 5.01. The third-order valence-electron chi connectivity index (χ3n) is 6.07. The van der Waals surface area contributed by atoms with Crippen LogP contribution in [-0.4, -0.2) is 33.4 Å². The van der Waals surface area contributed by atoms with Crippen molar-refractivity contribution >= 4 is 28.5 Å².